The van der Waals surface area contributed by atoms with Gasteiger partial charge >= 0.3 is 0 Å². The molecule has 156 valence electrons. The Labute approximate surface area is 177 Å². The standard InChI is InChI=1S/C24H28N4O2/c1-4-28-15-22(17(2)26-28)25-23(29)16-27-13-12-18-8-5-6-11-21(18)24(27)19-9-7-10-20(14-19)30-3/h5-11,14-15,24H,4,12-13,16H2,1-3H3,(H,25,29)/t24-/m1/s1. The van der Waals surface area contributed by atoms with Crippen molar-refractivity contribution in [1.82, 2.24) is 14.7 Å². The highest BCUT2D eigenvalue weighted by atomic mass is 16.5. The topological polar surface area (TPSA) is 59.4 Å². The SMILES string of the molecule is CCn1cc(NC(=O)CN2CCc3ccccc3[C@H]2c2cccc(OC)c2)c(C)n1. The first-order chi connectivity index (χ1) is 14.6. The van der Waals surface area contributed by atoms with Crippen LogP contribution < -0.4 is 10.1 Å². The maximum absolute atomic E-state index is 12.9. The Morgan fingerprint density at radius 2 is 2.07 bits per heavy atom. The maximum atomic E-state index is 12.9. The van der Waals surface area contributed by atoms with Gasteiger partial charge in [-0.1, -0.05) is 36.4 Å². The maximum Gasteiger partial charge on any atom is 0.238 e. The first-order valence-corrected chi connectivity index (χ1v) is 10.4. The van der Waals surface area contributed by atoms with E-state index in [0.717, 1.165) is 42.2 Å². The van der Waals surface area contributed by atoms with Gasteiger partial charge in [0.15, 0.2) is 0 Å². The average Bonchev–Trinajstić information content (AvgIpc) is 3.12. The Morgan fingerprint density at radius 3 is 2.83 bits per heavy atom. The minimum Gasteiger partial charge on any atom is -0.497 e. The van der Waals surface area contributed by atoms with Gasteiger partial charge in [-0.05, 0) is 49.1 Å². The molecule has 1 atom stereocenters. The van der Waals surface area contributed by atoms with E-state index in [1.165, 1.54) is 11.1 Å². The van der Waals surface area contributed by atoms with Gasteiger partial charge in [0.05, 0.1) is 31.1 Å². The van der Waals surface area contributed by atoms with Crippen LogP contribution in [0, 0.1) is 6.92 Å². The second-order valence-corrected chi connectivity index (χ2v) is 7.63. The van der Waals surface area contributed by atoms with E-state index in [1.54, 1.807) is 7.11 Å². The molecule has 1 amide bonds. The molecule has 2 heterocycles. The molecule has 0 aliphatic carbocycles. The number of amides is 1. The summed E-state index contributed by atoms with van der Waals surface area (Å²) in [6.45, 7) is 5.85. The molecule has 0 fully saturated rings. The summed E-state index contributed by atoms with van der Waals surface area (Å²) in [5.41, 5.74) is 5.32. The number of ether oxygens (including phenoxy) is 1. The third kappa shape index (κ3) is 4.09. The van der Waals surface area contributed by atoms with Crippen LogP contribution in [0.1, 0.15) is 35.3 Å². The van der Waals surface area contributed by atoms with Crippen LogP contribution in [0.15, 0.2) is 54.7 Å². The molecule has 0 radical (unpaired) electrons. The molecule has 0 saturated carbocycles. The van der Waals surface area contributed by atoms with Crippen molar-refractivity contribution >= 4 is 11.6 Å². The van der Waals surface area contributed by atoms with Gasteiger partial charge in [0.2, 0.25) is 5.91 Å². The van der Waals surface area contributed by atoms with E-state index in [-0.39, 0.29) is 11.9 Å². The molecule has 0 bridgehead atoms. The van der Waals surface area contributed by atoms with Crippen LogP contribution in [0.25, 0.3) is 0 Å². The number of carbonyl (C=O) groups is 1. The monoisotopic (exact) mass is 404 g/mol. The fourth-order valence-electron chi connectivity index (χ4n) is 4.17. The van der Waals surface area contributed by atoms with Crippen molar-refractivity contribution in [3.05, 3.63) is 77.1 Å². The van der Waals surface area contributed by atoms with Crippen LogP contribution in [0.4, 0.5) is 5.69 Å². The quantitative estimate of drug-likeness (QED) is 0.679. The third-order valence-corrected chi connectivity index (χ3v) is 5.68. The molecule has 0 saturated heterocycles. The van der Waals surface area contributed by atoms with Crippen molar-refractivity contribution in [3.8, 4) is 5.75 Å². The highest BCUT2D eigenvalue weighted by Crippen LogP contribution is 2.36. The van der Waals surface area contributed by atoms with Crippen LogP contribution in [0.3, 0.4) is 0 Å². The second kappa shape index (κ2) is 8.71. The summed E-state index contributed by atoms with van der Waals surface area (Å²) in [5.74, 6) is 0.795. The first kappa shape index (κ1) is 20.2. The average molecular weight is 405 g/mol. The molecule has 30 heavy (non-hydrogen) atoms. The van der Waals surface area contributed by atoms with E-state index in [1.807, 2.05) is 36.9 Å². The van der Waals surface area contributed by atoms with Gasteiger partial charge in [-0.3, -0.25) is 14.4 Å². The van der Waals surface area contributed by atoms with Crippen molar-refractivity contribution < 1.29 is 9.53 Å². The molecule has 0 spiro atoms. The number of fused-ring (bicyclic) bond motifs is 1. The van der Waals surface area contributed by atoms with Gasteiger partial charge in [0, 0.05) is 19.3 Å². The van der Waals surface area contributed by atoms with Gasteiger partial charge in [0.25, 0.3) is 0 Å². The molecule has 3 aromatic rings. The summed E-state index contributed by atoms with van der Waals surface area (Å²) < 4.78 is 7.28. The summed E-state index contributed by atoms with van der Waals surface area (Å²) in [5, 5.41) is 7.46. The third-order valence-electron chi connectivity index (χ3n) is 5.68. The Morgan fingerprint density at radius 1 is 1.23 bits per heavy atom. The number of rotatable bonds is 6. The lowest BCUT2D eigenvalue weighted by Gasteiger charge is -2.37. The van der Waals surface area contributed by atoms with Crippen molar-refractivity contribution in [2.75, 3.05) is 25.5 Å². The van der Waals surface area contributed by atoms with Crippen molar-refractivity contribution in [2.24, 2.45) is 0 Å². The van der Waals surface area contributed by atoms with Gasteiger partial charge in [-0.25, -0.2) is 0 Å². The highest BCUT2D eigenvalue weighted by molar-refractivity contribution is 5.92. The van der Waals surface area contributed by atoms with E-state index in [9.17, 15) is 4.79 Å². The van der Waals surface area contributed by atoms with Gasteiger partial charge in [-0.2, -0.15) is 5.10 Å². The predicted octanol–water partition coefficient (Wildman–Crippen LogP) is 3.81. The number of hydrogen-bond donors (Lipinski definition) is 1. The number of benzene rings is 2. The number of methoxy groups -OCH3 is 1. The molecule has 6 nitrogen and oxygen atoms in total. The number of aryl methyl sites for hydroxylation is 2. The van der Waals surface area contributed by atoms with E-state index in [0.29, 0.717) is 6.54 Å². The summed E-state index contributed by atoms with van der Waals surface area (Å²) in [6, 6.07) is 16.6. The minimum atomic E-state index is -0.0268. The smallest absolute Gasteiger partial charge is 0.238 e. The molecule has 1 N–H and O–H groups in total. The fraction of sp³-hybridized carbons (Fsp3) is 0.333. The predicted molar refractivity (Wildman–Crippen MR) is 118 cm³/mol. The largest absolute Gasteiger partial charge is 0.497 e. The number of hydrogen-bond acceptors (Lipinski definition) is 4. The van der Waals surface area contributed by atoms with E-state index >= 15 is 0 Å². The van der Waals surface area contributed by atoms with Crippen LogP contribution in [-0.4, -0.2) is 40.8 Å². The number of anilines is 1. The zero-order valence-electron chi connectivity index (χ0n) is 17.8. The molecule has 2 aromatic carbocycles. The molecular formula is C24H28N4O2. The van der Waals surface area contributed by atoms with E-state index < -0.39 is 0 Å². The number of nitrogens with one attached hydrogen (secondary N) is 1. The van der Waals surface area contributed by atoms with Crippen LogP contribution in [0.2, 0.25) is 0 Å². The lowest BCUT2D eigenvalue weighted by molar-refractivity contribution is -0.117. The van der Waals surface area contributed by atoms with Crippen molar-refractivity contribution in [1.29, 1.82) is 0 Å². The second-order valence-electron chi connectivity index (χ2n) is 7.63. The van der Waals surface area contributed by atoms with Crippen molar-refractivity contribution in [3.63, 3.8) is 0 Å². The van der Waals surface area contributed by atoms with Gasteiger partial charge in [0.1, 0.15) is 5.75 Å². The van der Waals surface area contributed by atoms with Gasteiger partial charge in [-0.15, -0.1) is 0 Å². The Bertz CT molecular complexity index is 1040. The summed E-state index contributed by atoms with van der Waals surface area (Å²) in [6.07, 6.45) is 2.81. The Hall–Kier alpha value is -3.12. The van der Waals surface area contributed by atoms with E-state index in [2.05, 4.69) is 51.7 Å². The first-order valence-electron chi connectivity index (χ1n) is 10.4. The lowest BCUT2D eigenvalue weighted by Crippen LogP contribution is -2.41. The summed E-state index contributed by atoms with van der Waals surface area (Å²) in [7, 11) is 1.68. The number of nitrogens with zero attached hydrogens (tertiary/aromatic N) is 3. The van der Waals surface area contributed by atoms with Crippen LogP contribution in [-0.2, 0) is 17.8 Å². The molecule has 6 heteroatoms. The fourth-order valence-corrected chi connectivity index (χ4v) is 4.17. The number of carbonyl (C=O) groups excluding carboxylic acids is 1. The minimum absolute atomic E-state index is 0.00950. The van der Waals surface area contributed by atoms with Crippen LogP contribution in [0.5, 0.6) is 5.75 Å². The van der Waals surface area contributed by atoms with E-state index in [4.69, 9.17) is 4.74 Å². The zero-order chi connectivity index (χ0) is 21.1. The molecule has 1 aliphatic heterocycles. The number of aromatic nitrogens is 2. The summed E-state index contributed by atoms with van der Waals surface area (Å²) >= 11 is 0. The molecular weight excluding hydrogens is 376 g/mol. The molecule has 1 aliphatic rings. The molecule has 0 unspecified atom stereocenters. The van der Waals surface area contributed by atoms with Gasteiger partial charge < -0.3 is 10.1 Å². The zero-order valence-corrected chi connectivity index (χ0v) is 17.8. The highest BCUT2D eigenvalue weighted by Gasteiger charge is 2.30. The Kier molecular flexibility index (Phi) is 5.86. The molecule has 4 rings (SSSR count). The summed E-state index contributed by atoms with van der Waals surface area (Å²) in [4.78, 5) is 15.2. The Balaban J connectivity index is 1.60. The lowest BCUT2D eigenvalue weighted by atomic mass is 9.88. The van der Waals surface area contributed by atoms with Crippen molar-refractivity contribution in [2.45, 2.75) is 32.9 Å². The van der Waals surface area contributed by atoms with Crippen LogP contribution >= 0.6 is 0 Å². The normalized spacial score (nSPS) is 16.2. The molecule has 1 aromatic heterocycles.